The molecule has 0 bridgehead atoms. The number of thioether (sulfide) groups is 1. The molecule has 2 unspecified atom stereocenters. The van der Waals surface area contributed by atoms with Gasteiger partial charge in [-0.05, 0) is 30.0 Å². The van der Waals surface area contributed by atoms with Crippen molar-refractivity contribution in [2.24, 2.45) is 10.9 Å². The summed E-state index contributed by atoms with van der Waals surface area (Å²) < 4.78 is 19.1. The molecule has 3 aliphatic rings. The van der Waals surface area contributed by atoms with Crippen LogP contribution in [0.3, 0.4) is 0 Å². The molecule has 10 heteroatoms. The quantitative estimate of drug-likeness (QED) is 0.710. The summed E-state index contributed by atoms with van der Waals surface area (Å²) in [4.78, 5) is 40.2. The number of nitrogens with zero attached hydrogens (tertiary/aromatic N) is 1. The highest BCUT2D eigenvalue weighted by Gasteiger charge is 2.39. The molecule has 0 saturated carbocycles. The Morgan fingerprint density at radius 2 is 2.22 bits per heavy atom. The molecule has 8 nitrogen and oxygen atoms in total. The molecule has 1 aromatic carbocycles. The zero-order valence-electron chi connectivity index (χ0n) is 14.2. The lowest BCUT2D eigenvalue weighted by Gasteiger charge is -2.24. The number of anilines is 1. The molecule has 0 radical (unpaired) electrons. The van der Waals surface area contributed by atoms with E-state index in [1.807, 2.05) is 12.3 Å². The molecular formula is C17H15FN4O4S. The fourth-order valence-corrected chi connectivity index (χ4v) is 4.21. The number of carbonyl (C=O) groups is 3. The highest BCUT2D eigenvalue weighted by atomic mass is 32.2. The summed E-state index contributed by atoms with van der Waals surface area (Å²) >= 11 is 1.40. The molecule has 3 amide bonds. The minimum Gasteiger partial charge on any atom is -0.478 e. The van der Waals surface area contributed by atoms with Crippen LogP contribution in [0, 0.1) is 11.7 Å². The van der Waals surface area contributed by atoms with Crippen molar-refractivity contribution in [3.8, 4) is 5.75 Å². The van der Waals surface area contributed by atoms with E-state index in [2.05, 4.69) is 20.9 Å². The SMILES string of the molecule is CC1=CSC2N=C(C(=O)NCc3cc(F)c4c(c3)NC(=O)CO4)NC(=O)C12. The van der Waals surface area contributed by atoms with Crippen molar-refractivity contribution in [3.05, 3.63) is 34.5 Å². The Kier molecular flexibility index (Phi) is 4.34. The van der Waals surface area contributed by atoms with E-state index < -0.39 is 11.7 Å². The van der Waals surface area contributed by atoms with Crippen LogP contribution in [0.5, 0.6) is 5.75 Å². The molecule has 0 fully saturated rings. The first-order chi connectivity index (χ1) is 12.9. The number of benzene rings is 1. The Labute approximate surface area is 157 Å². The summed E-state index contributed by atoms with van der Waals surface area (Å²) in [7, 11) is 0. The Bertz CT molecular complexity index is 930. The van der Waals surface area contributed by atoms with E-state index >= 15 is 0 Å². The van der Waals surface area contributed by atoms with Crippen LogP contribution in [0.25, 0.3) is 0 Å². The van der Waals surface area contributed by atoms with Crippen LogP contribution in [0.1, 0.15) is 12.5 Å². The zero-order valence-corrected chi connectivity index (χ0v) is 15.0. The van der Waals surface area contributed by atoms with Crippen LogP contribution in [-0.4, -0.2) is 35.5 Å². The van der Waals surface area contributed by atoms with E-state index in [0.29, 0.717) is 5.56 Å². The van der Waals surface area contributed by atoms with Gasteiger partial charge in [-0.25, -0.2) is 9.38 Å². The van der Waals surface area contributed by atoms with Gasteiger partial charge in [-0.1, -0.05) is 5.57 Å². The first kappa shape index (κ1) is 17.5. The molecule has 0 aliphatic carbocycles. The van der Waals surface area contributed by atoms with Crippen molar-refractivity contribution in [2.75, 3.05) is 11.9 Å². The number of hydrogen-bond acceptors (Lipinski definition) is 6. The second-order valence-electron chi connectivity index (χ2n) is 6.31. The van der Waals surface area contributed by atoms with E-state index in [-0.39, 0.29) is 53.5 Å². The molecule has 3 aliphatic heterocycles. The maximum atomic E-state index is 14.1. The molecular weight excluding hydrogens is 375 g/mol. The van der Waals surface area contributed by atoms with E-state index in [1.165, 1.54) is 23.9 Å². The molecule has 2 atom stereocenters. The van der Waals surface area contributed by atoms with Gasteiger partial charge in [0.15, 0.2) is 24.0 Å². The van der Waals surface area contributed by atoms with Crippen LogP contribution < -0.4 is 20.7 Å². The number of rotatable bonds is 3. The second kappa shape index (κ2) is 6.69. The maximum Gasteiger partial charge on any atom is 0.287 e. The fraction of sp³-hybridized carbons (Fsp3) is 0.294. The number of amides is 3. The molecule has 0 saturated heterocycles. The normalized spacial score (nSPS) is 23.2. The third kappa shape index (κ3) is 3.27. The van der Waals surface area contributed by atoms with E-state index in [4.69, 9.17) is 4.74 Å². The van der Waals surface area contributed by atoms with Crippen LogP contribution in [-0.2, 0) is 20.9 Å². The summed E-state index contributed by atoms with van der Waals surface area (Å²) in [6, 6.07) is 2.74. The van der Waals surface area contributed by atoms with Gasteiger partial charge in [0.1, 0.15) is 5.37 Å². The molecule has 140 valence electrons. The van der Waals surface area contributed by atoms with Gasteiger partial charge in [0.05, 0.1) is 11.6 Å². The molecule has 3 N–H and O–H groups in total. The number of aliphatic imine (C=N–C) groups is 1. The second-order valence-corrected chi connectivity index (χ2v) is 7.30. The van der Waals surface area contributed by atoms with Crippen molar-refractivity contribution < 1.29 is 23.5 Å². The van der Waals surface area contributed by atoms with Gasteiger partial charge in [-0.15, -0.1) is 11.8 Å². The minimum absolute atomic E-state index is 0.00763. The van der Waals surface area contributed by atoms with Gasteiger partial charge in [0.25, 0.3) is 11.8 Å². The van der Waals surface area contributed by atoms with E-state index in [1.54, 1.807) is 0 Å². The standard InChI is InChI=1S/C17H15FN4O4S/c1-7-6-27-17-12(7)15(24)21-14(22-17)16(25)19-4-8-2-9(18)13-10(3-8)20-11(23)5-26-13/h2-3,6,12,17H,4-5H2,1H3,(H,19,25)(H,20,23)(H,21,22,24). The van der Waals surface area contributed by atoms with Crippen molar-refractivity contribution in [2.45, 2.75) is 18.8 Å². The van der Waals surface area contributed by atoms with Gasteiger partial charge in [0.2, 0.25) is 5.91 Å². The number of fused-ring (bicyclic) bond motifs is 2. The van der Waals surface area contributed by atoms with Gasteiger partial charge >= 0.3 is 0 Å². The Morgan fingerprint density at radius 1 is 1.41 bits per heavy atom. The van der Waals surface area contributed by atoms with Crippen molar-refractivity contribution in [1.29, 1.82) is 0 Å². The summed E-state index contributed by atoms with van der Waals surface area (Å²) in [5.74, 6) is -2.29. The molecule has 3 heterocycles. The predicted molar refractivity (Wildman–Crippen MR) is 96.6 cm³/mol. The van der Waals surface area contributed by atoms with Crippen LogP contribution in [0.15, 0.2) is 28.1 Å². The van der Waals surface area contributed by atoms with E-state index in [9.17, 15) is 18.8 Å². The fourth-order valence-electron chi connectivity index (χ4n) is 3.05. The zero-order chi connectivity index (χ0) is 19.1. The monoisotopic (exact) mass is 390 g/mol. The number of hydrogen-bond donors (Lipinski definition) is 3. The molecule has 4 rings (SSSR count). The van der Waals surface area contributed by atoms with Gasteiger partial charge < -0.3 is 20.7 Å². The third-order valence-electron chi connectivity index (χ3n) is 4.34. The third-order valence-corrected chi connectivity index (χ3v) is 5.51. The molecule has 1 aromatic rings. The first-order valence-corrected chi connectivity index (χ1v) is 9.10. The largest absolute Gasteiger partial charge is 0.478 e. The lowest BCUT2D eigenvalue weighted by atomic mass is 10.00. The maximum absolute atomic E-state index is 14.1. The molecule has 0 aromatic heterocycles. The summed E-state index contributed by atoms with van der Waals surface area (Å²) in [6.07, 6.45) is 0. The summed E-state index contributed by atoms with van der Waals surface area (Å²) in [5.41, 5.74) is 1.56. The number of halogens is 1. The lowest BCUT2D eigenvalue weighted by Crippen LogP contribution is -2.50. The highest BCUT2D eigenvalue weighted by molar-refractivity contribution is 8.03. The highest BCUT2D eigenvalue weighted by Crippen LogP contribution is 2.38. The number of carbonyl (C=O) groups excluding carboxylic acids is 3. The lowest BCUT2D eigenvalue weighted by molar-refractivity contribution is -0.124. The average Bonchev–Trinajstić information content (AvgIpc) is 3.00. The summed E-state index contributed by atoms with van der Waals surface area (Å²) in [6.45, 7) is 1.60. The van der Waals surface area contributed by atoms with E-state index in [0.717, 1.165) is 5.57 Å². The van der Waals surface area contributed by atoms with Crippen LogP contribution in [0.4, 0.5) is 10.1 Å². The smallest absolute Gasteiger partial charge is 0.287 e. The minimum atomic E-state index is -0.633. The Balaban J connectivity index is 1.45. The average molecular weight is 390 g/mol. The van der Waals surface area contributed by atoms with Gasteiger partial charge in [0, 0.05) is 6.54 Å². The van der Waals surface area contributed by atoms with Crippen LogP contribution in [0.2, 0.25) is 0 Å². The van der Waals surface area contributed by atoms with Crippen molar-refractivity contribution in [3.63, 3.8) is 0 Å². The topological polar surface area (TPSA) is 109 Å². The predicted octanol–water partition coefficient (Wildman–Crippen LogP) is 0.894. The number of nitrogens with one attached hydrogen (secondary N) is 3. The number of amidine groups is 1. The summed E-state index contributed by atoms with van der Waals surface area (Å²) in [5, 5.41) is 9.16. The Morgan fingerprint density at radius 3 is 3.04 bits per heavy atom. The van der Waals surface area contributed by atoms with Gasteiger partial charge in [-0.2, -0.15) is 0 Å². The number of ether oxygens (including phenoxy) is 1. The van der Waals surface area contributed by atoms with Crippen molar-refractivity contribution in [1.82, 2.24) is 10.6 Å². The van der Waals surface area contributed by atoms with Crippen molar-refractivity contribution >= 4 is 41.0 Å². The Hall–Kier alpha value is -2.88. The molecule has 27 heavy (non-hydrogen) atoms. The van der Waals surface area contributed by atoms with Gasteiger partial charge in [-0.3, -0.25) is 14.4 Å². The first-order valence-electron chi connectivity index (χ1n) is 8.16. The van der Waals surface area contributed by atoms with Crippen LogP contribution >= 0.6 is 11.8 Å². The molecule has 0 spiro atoms.